The molecule has 0 amide bonds. The largest absolute Gasteiger partial charge is 0.310 e. The molecular formula is C58H40N2. The zero-order valence-corrected chi connectivity index (χ0v) is 33.0. The van der Waals surface area contributed by atoms with Crippen molar-refractivity contribution in [3.05, 3.63) is 243 Å². The Hall–Kier alpha value is -7.94. The topological polar surface area (TPSA) is 8.17 Å². The average molecular weight is 765 g/mol. The van der Waals surface area contributed by atoms with Crippen molar-refractivity contribution in [3.63, 3.8) is 0 Å². The van der Waals surface area contributed by atoms with Crippen LogP contribution in [0.15, 0.2) is 243 Å². The van der Waals surface area contributed by atoms with E-state index in [1.807, 2.05) is 0 Å². The molecule has 0 bridgehead atoms. The smallest absolute Gasteiger partial charge is 0.0561 e. The Morgan fingerprint density at radius 1 is 0.283 bits per heavy atom. The summed E-state index contributed by atoms with van der Waals surface area (Å²) in [5.74, 6) is 0. The fourth-order valence-electron chi connectivity index (χ4n) is 8.90. The third-order valence-electron chi connectivity index (χ3n) is 11.8. The minimum Gasteiger partial charge on any atom is -0.310 e. The van der Waals surface area contributed by atoms with Crippen molar-refractivity contribution in [1.82, 2.24) is 4.57 Å². The minimum atomic E-state index is 1.09. The van der Waals surface area contributed by atoms with E-state index < -0.39 is 0 Å². The van der Waals surface area contributed by atoms with Gasteiger partial charge in [-0.1, -0.05) is 188 Å². The van der Waals surface area contributed by atoms with Gasteiger partial charge in [-0.25, -0.2) is 0 Å². The summed E-state index contributed by atoms with van der Waals surface area (Å²) in [6.45, 7) is 0. The zero-order valence-electron chi connectivity index (χ0n) is 33.0. The third kappa shape index (κ3) is 6.32. The summed E-state index contributed by atoms with van der Waals surface area (Å²) < 4.78 is 2.45. The lowest BCUT2D eigenvalue weighted by molar-refractivity contribution is 1.18. The SMILES string of the molecule is c1ccc(-c2ccc(-c3ccc(-n4c5ccccc5c5ccc(N(c6ccccc6)c6ccccc6-c6ccccc6)cc54)cc3-c3ccc4ccccc4c3)cc2)cc1. The number of aromatic nitrogens is 1. The summed E-state index contributed by atoms with van der Waals surface area (Å²) in [4.78, 5) is 2.40. The second-order valence-corrected chi connectivity index (χ2v) is 15.3. The van der Waals surface area contributed by atoms with Crippen molar-refractivity contribution in [1.29, 1.82) is 0 Å². The maximum absolute atomic E-state index is 2.45. The van der Waals surface area contributed by atoms with Gasteiger partial charge in [0.1, 0.15) is 0 Å². The monoisotopic (exact) mass is 764 g/mol. The standard InChI is InChI=1S/C58H40N2/c1-4-16-41(17-5-1)43-28-31-45(32-29-43)51-36-34-49(39-55(51)47-33-30-42-18-10-11-21-46(42)38-47)60-57-27-15-13-25-53(57)54-37-35-50(40-58(54)60)59(48-22-8-3-9-23-48)56-26-14-12-24-52(56)44-19-6-2-7-20-44/h1-40H. The summed E-state index contributed by atoms with van der Waals surface area (Å²) in [7, 11) is 0. The van der Waals surface area contributed by atoms with Crippen molar-refractivity contribution < 1.29 is 0 Å². The van der Waals surface area contributed by atoms with Gasteiger partial charge in [0, 0.05) is 33.4 Å². The molecule has 1 aromatic heterocycles. The molecule has 11 aromatic rings. The Bertz CT molecular complexity index is 3290. The molecule has 11 rings (SSSR count). The number of para-hydroxylation sites is 3. The van der Waals surface area contributed by atoms with E-state index in [1.165, 1.54) is 71.6 Å². The maximum atomic E-state index is 2.45. The van der Waals surface area contributed by atoms with E-state index in [0.29, 0.717) is 0 Å². The molecule has 0 saturated carbocycles. The fourth-order valence-corrected chi connectivity index (χ4v) is 8.90. The van der Waals surface area contributed by atoms with Crippen molar-refractivity contribution in [2.45, 2.75) is 0 Å². The van der Waals surface area contributed by atoms with Gasteiger partial charge < -0.3 is 9.47 Å². The van der Waals surface area contributed by atoms with Gasteiger partial charge in [-0.2, -0.15) is 0 Å². The molecule has 2 nitrogen and oxygen atoms in total. The lowest BCUT2D eigenvalue weighted by atomic mass is 9.91. The van der Waals surface area contributed by atoms with E-state index in [2.05, 4.69) is 252 Å². The van der Waals surface area contributed by atoms with E-state index in [1.54, 1.807) is 0 Å². The molecule has 0 radical (unpaired) electrons. The first kappa shape index (κ1) is 35.2. The van der Waals surface area contributed by atoms with Crippen molar-refractivity contribution >= 4 is 49.6 Å². The van der Waals surface area contributed by atoms with Crippen LogP contribution < -0.4 is 4.90 Å². The fraction of sp³-hybridized carbons (Fsp3) is 0. The molecule has 0 spiro atoms. The Labute approximate surface area is 350 Å². The predicted molar refractivity (Wildman–Crippen MR) is 255 cm³/mol. The van der Waals surface area contributed by atoms with Crippen molar-refractivity contribution in [2.24, 2.45) is 0 Å². The molecule has 0 atom stereocenters. The zero-order chi connectivity index (χ0) is 39.8. The van der Waals surface area contributed by atoms with E-state index >= 15 is 0 Å². The minimum absolute atomic E-state index is 1.09. The van der Waals surface area contributed by atoms with Crippen LogP contribution in [0.3, 0.4) is 0 Å². The number of hydrogen-bond acceptors (Lipinski definition) is 1. The highest BCUT2D eigenvalue weighted by Gasteiger charge is 2.21. The number of fused-ring (bicyclic) bond motifs is 4. The Morgan fingerprint density at radius 3 is 1.67 bits per heavy atom. The molecule has 10 aromatic carbocycles. The molecule has 282 valence electrons. The van der Waals surface area contributed by atoms with Crippen LogP contribution in [-0.4, -0.2) is 4.57 Å². The summed E-state index contributed by atoms with van der Waals surface area (Å²) in [6, 6.07) is 88.0. The van der Waals surface area contributed by atoms with Crippen LogP contribution in [0.4, 0.5) is 17.1 Å². The normalized spacial score (nSPS) is 11.3. The van der Waals surface area contributed by atoms with Gasteiger partial charge in [0.25, 0.3) is 0 Å². The highest BCUT2D eigenvalue weighted by atomic mass is 15.1. The van der Waals surface area contributed by atoms with Crippen LogP contribution in [0.1, 0.15) is 0 Å². The van der Waals surface area contributed by atoms with E-state index in [9.17, 15) is 0 Å². The summed E-state index contributed by atoms with van der Waals surface area (Å²) in [6.07, 6.45) is 0. The first-order valence-corrected chi connectivity index (χ1v) is 20.6. The van der Waals surface area contributed by atoms with Gasteiger partial charge in [0.2, 0.25) is 0 Å². The molecule has 0 N–H and O–H groups in total. The van der Waals surface area contributed by atoms with Crippen LogP contribution in [0.25, 0.3) is 82.8 Å². The summed E-state index contributed by atoms with van der Waals surface area (Å²) in [5, 5.41) is 4.90. The molecule has 0 aliphatic rings. The first-order chi connectivity index (χ1) is 29.8. The van der Waals surface area contributed by atoms with Gasteiger partial charge in [-0.3, -0.25) is 0 Å². The highest BCUT2D eigenvalue weighted by molar-refractivity contribution is 6.11. The van der Waals surface area contributed by atoms with Crippen LogP contribution in [0, 0.1) is 0 Å². The molecule has 1 heterocycles. The lowest BCUT2D eigenvalue weighted by Gasteiger charge is -2.28. The Kier molecular flexibility index (Phi) is 8.87. The Morgan fingerprint density at radius 2 is 0.867 bits per heavy atom. The molecule has 0 fully saturated rings. The molecular weight excluding hydrogens is 725 g/mol. The van der Waals surface area contributed by atoms with Crippen molar-refractivity contribution in [2.75, 3.05) is 4.90 Å². The van der Waals surface area contributed by atoms with Crippen LogP contribution in [0.2, 0.25) is 0 Å². The van der Waals surface area contributed by atoms with E-state index in [-0.39, 0.29) is 0 Å². The molecule has 0 aliphatic carbocycles. The van der Waals surface area contributed by atoms with Crippen LogP contribution in [0.5, 0.6) is 0 Å². The number of hydrogen-bond donors (Lipinski definition) is 0. The highest BCUT2D eigenvalue weighted by Crippen LogP contribution is 2.44. The van der Waals surface area contributed by atoms with Crippen molar-refractivity contribution in [3.8, 4) is 50.2 Å². The molecule has 0 unspecified atom stereocenters. The predicted octanol–water partition coefficient (Wildman–Crippen LogP) is 16.1. The van der Waals surface area contributed by atoms with Gasteiger partial charge in [-0.15, -0.1) is 0 Å². The summed E-state index contributed by atoms with van der Waals surface area (Å²) >= 11 is 0. The third-order valence-corrected chi connectivity index (χ3v) is 11.8. The number of benzene rings is 10. The Balaban J connectivity index is 1.12. The van der Waals surface area contributed by atoms with Gasteiger partial charge >= 0.3 is 0 Å². The number of nitrogens with zero attached hydrogens (tertiary/aromatic N) is 2. The number of rotatable bonds is 8. The molecule has 60 heavy (non-hydrogen) atoms. The average Bonchev–Trinajstić information content (AvgIpc) is 3.66. The maximum Gasteiger partial charge on any atom is 0.0561 e. The summed E-state index contributed by atoms with van der Waals surface area (Å²) in [5.41, 5.74) is 16.3. The van der Waals surface area contributed by atoms with Crippen LogP contribution >= 0.6 is 0 Å². The molecule has 0 aliphatic heterocycles. The van der Waals surface area contributed by atoms with Gasteiger partial charge in [-0.05, 0) is 104 Å². The first-order valence-electron chi connectivity index (χ1n) is 20.6. The second-order valence-electron chi connectivity index (χ2n) is 15.3. The molecule has 2 heteroatoms. The van der Waals surface area contributed by atoms with Gasteiger partial charge in [0.15, 0.2) is 0 Å². The quantitative estimate of drug-likeness (QED) is 0.150. The van der Waals surface area contributed by atoms with Crippen LogP contribution in [-0.2, 0) is 0 Å². The van der Waals surface area contributed by atoms with Gasteiger partial charge in [0.05, 0.1) is 16.7 Å². The van der Waals surface area contributed by atoms with E-state index in [0.717, 1.165) is 28.3 Å². The molecule has 0 saturated heterocycles. The lowest BCUT2D eigenvalue weighted by Crippen LogP contribution is -2.11. The van der Waals surface area contributed by atoms with E-state index in [4.69, 9.17) is 0 Å². The second kappa shape index (κ2) is 15.1. The number of anilines is 3.